The molecule has 11 nitrogen and oxygen atoms in total. The topological polar surface area (TPSA) is 137 Å². The van der Waals surface area contributed by atoms with E-state index in [-0.39, 0.29) is 24.2 Å². The first-order valence-electron chi connectivity index (χ1n) is 12.7. The number of rotatable bonds is 9. The van der Waals surface area contributed by atoms with Crippen molar-refractivity contribution >= 4 is 34.1 Å². The van der Waals surface area contributed by atoms with Crippen LogP contribution in [0.4, 0.5) is 21.7 Å². The Balaban J connectivity index is 1.39. The SMILES string of the molecule is COCC(C(=O)Nc1cccc2c(-c3nc(Nc4ccc(CN)nc4)ncc3F)c[nH]c12)N1CCN(C)CC1. The largest absolute Gasteiger partial charge is 0.383 e. The predicted molar refractivity (Wildman–Crippen MR) is 148 cm³/mol. The Morgan fingerprint density at radius 2 is 2.00 bits per heavy atom. The number of methoxy groups -OCH3 is 1. The molecule has 4 heterocycles. The van der Waals surface area contributed by atoms with Gasteiger partial charge < -0.3 is 31.0 Å². The molecule has 5 rings (SSSR count). The number of fused-ring (bicyclic) bond motifs is 1. The van der Waals surface area contributed by atoms with Gasteiger partial charge in [0.25, 0.3) is 0 Å². The number of nitrogens with two attached hydrogens (primary N) is 1. The maximum Gasteiger partial charge on any atom is 0.244 e. The molecule has 5 N–H and O–H groups in total. The lowest BCUT2D eigenvalue weighted by Crippen LogP contribution is -2.54. The van der Waals surface area contributed by atoms with Crippen LogP contribution in [0, 0.1) is 5.82 Å². The number of likely N-dealkylation sites (N-methyl/N-ethyl adjacent to an activating group) is 1. The molecule has 1 aliphatic heterocycles. The number of aromatic amines is 1. The monoisotopic (exact) mass is 533 g/mol. The van der Waals surface area contributed by atoms with Gasteiger partial charge in [0.15, 0.2) is 5.82 Å². The van der Waals surface area contributed by atoms with Crippen molar-refractivity contribution in [3.63, 3.8) is 0 Å². The highest BCUT2D eigenvalue weighted by atomic mass is 19.1. The van der Waals surface area contributed by atoms with E-state index in [9.17, 15) is 9.18 Å². The first-order valence-corrected chi connectivity index (χ1v) is 12.7. The summed E-state index contributed by atoms with van der Waals surface area (Å²) in [6.07, 6.45) is 4.43. The summed E-state index contributed by atoms with van der Waals surface area (Å²) >= 11 is 0. The van der Waals surface area contributed by atoms with Crippen LogP contribution in [0.15, 0.2) is 48.9 Å². The van der Waals surface area contributed by atoms with Gasteiger partial charge in [-0.2, -0.15) is 0 Å². The third kappa shape index (κ3) is 5.88. The van der Waals surface area contributed by atoms with Crippen molar-refractivity contribution < 1.29 is 13.9 Å². The average molecular weight is 534 g/mol. The average Bonchev–Trinajstić information content (AvgIpc) is 3.39. The number of pyridine rings is 1. The van der Waals surface area contributed by atoms with Crippen LogP contribution in [0.5, 0.6) is 0 Å². The van der Waals surface area contributed by atoms with Crippen molar-refractivity contribution in [2.45, 2.75) is 12.6 Å². The molecule has 4 aromatic rings. The van der Waals surface area contributed by atoms with Crippen molar-refractivity contribution in [3.05, 3.63) is 60.4 Å². The van der Waals surface area contributed by atoms with Crippen molar-refractivity contribution in [1.29, 1.82) is 0 Å². The summed E-state index contributed by atoms with van der Waals surface area (Å²) in [6, 6.07) is 8.67. The van der Waals surface area contributed by atoms with E-state index in [1.165, 1.54) is 0 Å². The molecule has 12 heteroatoms. The lowest BCUT2D eigenvalue weighted by atomic mass is 10.1. The Kier molecular flexibility index (Phi) is 8.07. The lowest BCUT2D eigenvalue weighted by molar-refractivity contribution is -0.124. The number of H-pyrrole nitrogens is 1. The second kappa shape index (κ2) is 11.8. The number of para-hydroxylation sites is 1. The summed E-state index contributed by atoms with van der Waals surface area (Å²) in [6.45, 7) is 3.97. The lowest BCUT2D eigenvalue weighted by Gasteiger charge is -2.36. The second-order valence-corrected chi connectivity index (χ2v) is 9.49. The molecule has 1 aliphatic rings. The van der Waals surface area contributed by atoms with Crippen molar-refractivity contribution in [3.8, 4) is 11.3 Å². The van der Waals surface area contributed by atoms with Crippen LogP contribution in [0.3, 0.4) is 0 Å². The van der Waals surface area contributed by atoms with Gasteiger partial charge in [0, 0.05) is 57.0 Å². The zero-order valence-electron chi connectivity index (χ0n) is 21.9. The third-order valence-corrected chi connectivity index (χ3v) is 6.87. The Hall–Kier alpha value is -3.97. The van der Waals surface area contributed by atoms with Gasteiger partial charge >= 0.3 is 0 Å². The van der Waals surface area contributed by atoms with Gasteiger partial charge in [-0.1, -0.05) is 12.1 Å². The van der Waals surface area contributed by atoms with E-state index in [0.29, 0.717) is 34.4 Å². The van der Waals surface area contributed by atoms with Gasteiger partial charge in [-0.25, -0.2) is 14.4 Å². The molecule has 0 radical (unpaired) electrons. The number of aromatic nitrogens is 4. The van der Waals surface area contributed by atoms with E-state index in [2.05, 4.69) is 47.4 Å². The second-order valence-electron chi connectivity index (χ2n) is 9.49. The van der Waals surface area contributed by atoms with Crippen LogP contribution in [-0.2, 0) is 16.1 Å². The van der Waals surface area contributed by atoms with Crippen molar-refractivity contribution in [2.24, 2.45) is 5.73 Å². The van der Waals surface area contributed by atoms with Gasteiger partial charge in [-0.3, -0.25) is 14.7 Å². The van der Waals surface area contributed by atoms with Gasteiger partial charge in [-0.15, -0.1) is 0 Å². The molecule has 1 unspecified atom stereocenters. The minimum absolute atomic E-state index is 0.128. The summed E-state index contributed by atoms with van der Waals surface area (Å²) in [5, 5.41) is 6.82. The fourth-order valence-electron chi connectivity index (χ4n) is 4.67. The predicted octanol–water partition coefficient (Wildman–Crippen LogP) is 2.56. The number of carbonyl (C=O) groups excluding carboxylic acids is 1. The quantitative estimate of drug-likeness (QED) is 0.256. The molecule has 0 spiro atoms. The Labute approximate surface area is 225 Å². The van der Waals surface area contributed by atoms with Crippen LogP contribution >= 0.6 is 0 Å². The first kappa shape index (κ1) is 26.6. The fraction of sp³-hybridized carbons (Fsp3) is 0.333. The van der Waals surface area contributed by atoms with E-state index in [0.717, 1.165) is 38.1 Å². The van der Waals surface area contributed by atoms with Crippen LogP contribution < -0.4 is 16.4 Å². The number of hydrogen-bond donors (Lipinski definition) is 4. The van der Waals surface area contributed by atoms with Gasteiger partial charge in [-0.05, 0) is 25.2 Å². The van der Waals surface area contributed by atoms with Crippen LogP contribution in [0.25, 0.3) is 22.2 Å². The number of anilines is 3. The highest BCUT2D eigenvalue weighted by molar-refractivity contribution is 6.06. The number of halogens is 1. The van der Waals surface area contributed by atoms with Crippen molar-refractivity contribution in [1.82, 2.24) is 29.7 Å². The third-order valence-electron chi connectivity index (χ3n) is 6.87. The molecular weight excluding hydrogens is 501 g/mol. The molecule has 1 atom stereocenters. The number of nitrogens with one attached hydrogen (secondary N) is 3. The van der Waals surface area contributed by atoms with E-state index in [4.69, 9.17) is 10.5 Å². The van der Waals surface area contributed by atoms with Crippen LogP contribution in [0.2, 0.25) is 0 Å². The minimum Gasteiger partial charge on any atom is -0.383 e. The van der Waals surface area contributed by atoms with Crippen molar-refractivity contribution in [2.75, 3.05) is 57.6 Å². The number of nitrogens with zero attached hydrogens (tertiary/aromatic N) is 5. The summed E-state index contributed by atoms with van der Waals surface area (Å²) in [5.74, 6) is -0.496. The molecule has 0 bridgehead atoms. The zero-order chi connectivity index (χ0) is 27.4. The molecule has 0 aliphatic carbocycles. The van der Waals surface area contributed by atoms with E-state index in [1.54, 1.807) is 31.6 Å². The smallest absolute Gasteiger partial charge is 0.244 e. The molecule has 204 valence electrons. The molecule has 1 aromatic carbocycles. The highest BCUT2D eigenvalue weighted by Gasteiger charge is 2.29. The Bertz CT molecular complexity index is 1440. The standard InChI is InChI=1S/C27H32FN9O2/c1-36-8-10-37(11-9-36)23(16-39-2)26(38)34-22-5-3-4-19-20(14-31-25(19)22)24-21(28)15-32-27(35-24)33-18-7-6-17(12-29)30-13-18/h3-7,13-15,23,31H,8-12,16,29H2,1-2H3,(H,34,38)(H,32,33,35). The molecule has 1 fully saturated rings. The fourth-order valence-corrected chi connectivity index (χ4v) is 4.67. The molecule has 39 heavy (non-hydrogen) atoms. The number of hydrogen-bond acceptors (Lipinski definition) is 9. The molecule has 1 amide bonds. The van der Waals surface area contributed by atoms with E-state index in [1.807, 2.05) is 18.2 Å². The molecule has 3 aromatic heterocycles. The number of ether oxygens (including phenoxy) is 1. The number of benzene rings is 1. The first-order chi connectivity index (χ1) is 19.0. The minimum atomic E-state index is -0.567. The maximum atomic E-state index is 14.9. The maximum absolute atomic E-state index is 14.9. The number of carbonyl (C=O) groups is 1. The van der Waals surface area contributed by atoms with Crippen LogP contribution in [-0.4, -0.2) is 88.6 Å². The molecule has 1 saturated heterocycles. The van der Waals surface area contributed by atoms with Crippen LogP contribution in [0.1, 0.15) is 5.69 Å². The number of piperazine rings is 1. The van der Waals surface area contributed by atoms with Gasteiger partial charge in [0.1, 0.15) is 11.7 Å². The Morgan fingerprint density at radius 1 is 1.18 bits per heavy atom. The summed E-state index contributed by atoms with van der Waals surface area (Å²) in [4.78, 5) is 33.7. The van der Waals surface area contributed by atoms with Gasteiger partial charge in [0.2, 0.25) is 11.9 Å². The van der Waals surface area contributed by atoms with E-state index < -0.39 is 11.9 Å². The Morgan fingerprint density at radius 3 is 2.72 bits per heavy atom. The highest BCUT2D eigenvalue weighted by Crippen LogP contribution is 2.33. The summed E-state index contributed by atoms with van der Waals surface area (Å²) in [7, 11) is 3.67. The number of amides is 1. The summed E-state index contributed by atoms with van der Waals surface area (Å²) in [5.41, 5.74) is 8.95. The molecular formula is C27H32FN9O2. The van der Waals surface area contributed by atoms with E-state index >= 15 is 0 Å². The van der Waals surface area contributed by atoms with Gasteiger partial charge in [0.05, 0.1) is 41.6 Å². The summed E-state index contributed by atoms with van der Waals surface area (Å²) < 4.78 is 20.3. The normalized spacial score (nSPS) is 15.4. The zero-order valence-corrected chi connectivity index (χ0v) is 21.9. The molecule has 0 saturated carbocycles.